The first-order valence-corrected chi connectivity index (χ1v) is 7.99. The molecule has 0 unspecified atom stereocenters. The van der Waals surface area contributed by atoms with E-state index < -0.39 is 0 Å². The normalized spacial score (nSPS) is 10.6. The molecule has 1 heterocycles. The Labute approximate surface area is 147 Å². The van der Waals surface area contributed by atoms with Gasteiger partial charge in [0.1, 0.15) is 5.75 Å². The summed E-state index contributed by atoms with van der Waals surface area (Å²) >= 11 is 6.03. The van der Waals surface area contributed by atoms with Crippen LogP contribution in [0.25, 0.3) is 0 Å². The second-order valence-electron chi connectivity index (χ2n) is 5.67. The first kappa shape index (κ1) is 18.1. The molecule has 1 amide bonds. The van der Waals surface area contributed by atoms with E-state index in [1.807, 2.05) is 13.8 Å². The molecular weight excluding hydrogens is 328 g/mol. The Kier molecular flexibility index (Phi) is 6.04. The van der Waals surface area contributed by atoms with E-state index in [1.165, 1.54) is 6.20 Å². The molecule has 2 aromatic rings. The third-order valence-corrected chi connectivity index (χ3v) is 3.57. The van der Waals surface area contributed by atoms with Crippen LogP contribution < -0.4 is 9.47 Å². The monoisotopic (exact) mass is 348 g/mol. The maximum Gasteiger partial charge on any atom is 0.255 e. The van der Waals surface area contributed by atoms with Crippen LogP contribution in [0.1, 0.15) is 29.8 Å². The molecule has 0 fully saturated rings. The number of nitrogens with zero attached hydrogens (tertiary/aromatic N) is 2. The number of hydrogen-bond acceptors (Lipinski definition) is 4. The Morgan fingerprint density at radius 3 is 2.62 bits per heavy atom. The van der Waals surface area contributed by atoms with Gasteiger partial charge in [0.05, 0.1) is 18.8 Å². The van der Waals surface area contributed by atoms with E-state index in [0.29, 0.717) is 28.8 Å². The molecule has 0 radical (unpaired) electrons. The molecule has 0 bridgehead atoms. The van der Waals surface area contributed by atoms with Crippen molar-refractivity contribution in [1.29, 1.82) is 0 Å². The molecule has 2 rings (SSSR count). The molecule has 1 aromatic heterocycles. The summed E-state index contributed by atoms with van der Waals surface area (Å²) in [5.74, 6) is 1.05. The highest BCUT2D eigenvalue weighted by molar-refractivity contribution is 6.30. The fraction of sp³-hybridized carbons (Fsp3) is 0.333. The van der Waals surface area contributed by atoms with Crippen molar-refractivity contribution >= 4 is 17.5 Å². The van der Waals surface area contributed by atoms with Gasteiger partial charge in [-0.3, -0.25) is 4.79 Å². The zero-order chi connectivity index (χ0) is 17.7. The molecule has 0 atom stereocenters. The van der Waals surface area contributed by atoms with Crippen LogP contribution in [0.4, 0.5) is 0 Å². The summed E-state index contributed by atoms with van der Waals surface area (Å²) < 4.78 is 10.8. The van der Waals surface area contributed by atoms with Crippen LogP contribution in [0.2, 0.25) is 5.02 Å². The number of carbonyl (C=O) groups excluding carboxylic acids is 1. The van der Waals surface area contributed by atoms with Gasteiger partial charge in [0, 0.05) is 36.4 Å². The zero-order valence-corrected chi connectivity index (χ0v) is 15.0. The quantitative estimate of drug-likeness (QED) is 0.796. The number of methoxy groups -OCH3 is 1. The minimum absolute atomic E-state index is 0.0389. The molecule has 0 aliphatic heterocycles. The topological polar surface area (TPSA) is 51.7 Å². The Morgan fingerprint density at radius 2 is 2.04 bits per heavy atom. The number of hydrogen-bond donors (Lipinski definition) is 0. The summed E-state index contributed by atoms with van der Waals surface area (Å²) in [6.07, 6.45) is 1.56. The summed E-state index contributed by atoms with van der Waals surface area (Å²) in [7, 11) is 3.31. The maximum atomic E-state index is 12.5. The van der Waals surface area contributed by atoms with Crippen LogP contribution in [0.15, 0.2) is 36.5 Å². The lowest BCUT2D eigenvalue weighted by Gasteiger charge is -2.19. The van der Waals surface area contributed by atoms with Gasteiger partial charge in [-0.05, 0) is 38.1 Å². The predicted octanol–water partition coefficient (Wildman–Crippen LogP) is 3.80. The van der Waals surface area contributed by atoms with Crippen LogP contribution in [-0.2, 0) is 6.54 Å². The lowest BCUT2D eigenvalue weighted by Crippen LogP contribution is -2.26. The first-order valence-electron chi connectivity index (χ1n) is 7.61. The van der Waals surface area contributed by atoms with Gasteiger partial charge in [-0.2, -0.15) is 0 Å². The van der Waals surface area contributed by atoms with Crippen LogP contribution in [0.5, 0.6) is 11.6 Å². The second kappa shape index (κ2) is 8.02. The summed E-state index contributed by atoms with van der Waals surface area (Å²) in [5, 5.41) is 0.600. The number of rotatable bonds is 6. The third-order valence-electron chi connectivity index (χ3n) is 3.34. The van der Waals surface area contributed by atoms with Gasteiger partial charge in [-0.25, -0.2) is 4.98 Å². The fourth-order valence-electron chi connectivity index (χ4n) is 2.24. The number of benzene rings is 1. The molecule has 0 saturated heterocycles. The average Bonchev–Trinajstić information content (AvgIpc) is 2.54. The van der Waals surface area contributed by atoms with Gasteiger partial charge < -0.3 is 14.4 Å². The van der Waals surface area contributed by atoms with E-state index in [9.17, 15) is 4.79 Å². The molecule has 24 heavy (non-hydrogen) atoms. The molecular formula is C18H21ClN2O3. The van der Waals surface area contributed by atoms with Gasteiger partial charge in [-0.15, -0.1) is 0 Å². The standard InChI is InChI=1S/C18H21ClN2O3/c1-12(2)24-17-8-5-13(10-20-17)18(22)21(3)11-14-9-15(19)6-7-16(14)23-4/h5-10,12H,11H2,1-4H3. The van der Waals surface area contributed by atoms with Crippen molar-refractivity contribution in [2.45, 2.75) is 26.5 Å². The van der Waals surface area contributed by atoms with E-state index in [0.717, 1.165) is 5.56 Å². The second-order valence-corrected chi connectivity index (χ2v) is 6.11. The van der Waals surface area contributed by atoms with Crippen molar-refractivity contribution in [2.24, 2.45) is 0 Å². The van der Waals surface area contributed by atoms with Gasteiger partial charge in [-0.1, -0.05) is 11.6 Å². The largest absolute Gasteiger partial charge is 0.496 e. The molecule has 1 aromatic carbocycles. The summed E-state index contributed by atoms with van der Waals surface area (Å²) in [6, 6.07) is 8.74. The van der Waals surface area contributed by atoms with E-state index in [2.05, 4.69) is 4.98 Å². The Balaban J connectivity index is 2.11. The molecule has 6 heteroatoms. The van der Waals surface area contributed by atoms with Crippen LogP contribution in [0, 0.1) is 0 Å². The third kappa shape index (κ3) is 4.61. The van der Waals surface area contributed by atoms with Crippen molar-refractivity contribution < 1.29 is 14.3 Å². The van der Waals surface area contributed by atoms with Crippen molar-refractivity contribution in [3.8, 4) is 11.6 Å². The van der Waals surface area contributed by atoms with Gasteiger partial charge in [0.25, 0.3) is 5.91 Å². The van der Waals surface area contributed by atoms with E-state index >= 15 is 0 Å². The number of carbonyl (C=O) groups is 1. The van der Waals surface area contributed by atoms with Gasteiger partial charge >= 0.3 is 0 Å². The molecule has 5 nitrogen and oxygen atoms in total. The average molecular weight is 349 g/mol. The lowest BCUT2D eigenvalue weighted by molar-refractivity contribution is 0.0783. The molecule has 0 saturated carbocycles. The minimum atomic E-state index is -0.138. The zero-order valence-electron chi connectivity index (χ0n) is 14.2. The summed E-state index contributed by atoms with van der Waals surface area (Å²) in [5.41, 5.74) is 1.34. The minimum Gasteiger partial charge on any atom is -0.496 e. The highest BCUT2D eigenvalue weighted by atomic mass is 35.5. The predicted molar refractivity (Wildman–Crippen MR) is 93.8 cm³/mol. The van der Waals surface area contributed by atoms with E-state index in [1.54, 1.807) is 49.4 Å². The maximum absolute atomic E-state index is 12.5. The highest BCUT2D eigenvalue weighted by Gasteiger charge is 2.15. The smallest absolute Gasteiger partial charge is 0.255 e. The van der Waals surface area contributed by atoms with Crippen LogP contribution in [0.3, 0.4) is 0 Å². The summed E-state index contributed by atoms with van der Waals surface area (Å²) in [4.78, 5) is 18.3. The highest BCUT2D eigenvalue weighted by Crippen LogP contribution is 2.24. The molecule has 128 valence electrons. The Bertz CT molecular complexity index is 702. The molecule has 0 spiro atoms. The van der Waals surface area contributed by atoms with E-state index in [-0.39, 0.29) is 12.0 Å². The van der Waals surface area contributed by atoms with Crippen molar-refractivity contribution in [3.63, 3.8) is 0 Å². The van der Waals surface area contributed by atoms with Crippen molar-refractivity contribution in [2.75, 3.05) is 14.2 Å². The SMILES string of the molecule is COc1ccc(Cl)cc1CN(C)C(=O)c1ccc(OC(C)C)nc1. The number of amides is 1. The lowest BCUT2D eigenvalue weighted by atomic mass is 10.1. The first-order chi connectivity index (χ1) is 11.4. The van der Waals surface area contributed by atoms with Gasteiger partial charge in [0.15, 0.2) is 0 Å². The number of aromatic nitrogens is 1. The van der Waals surface area contributed by atoms with E-state index in [4.69, 9.17) is 21.1 Å². The van der Waals surface area contributed by atoms with Crippen LogP contribution in [-0.4, -0.2) is 36.1 Å². The van der Waals surface area contributed by atoms with Crippen molar-refractivity contribution in [3.05, 3.63) is 52.7 Å². The number of halogens is 1. The summed E-state index contributed by atoms with van der Waals surface area (Å²) in [6.45, 7) is 4.23. The Morgan fingerprint density at radius 1 is 1.29 bits per heavy atom. The van der Waals surface area contributed by atoms with Crippen LogP contribution >= 0.6 is 11.6 Å². The number of ether oxygens (including phenoxy) is 2. The van der Waals surface area contributed by atoms with Gasteiger partial charge in [0.2, 0.25) is 5.88 Å². The molecule has 0 aliphatic rings. The fourth-order valence-corrected chi connectivity index (χ4v) is 2.43. The van der Waals surface area contributed by atoms with Crippen molar-refractivity contribution in [1.82, 2.24) is 9.88 Å². The molecule has 0 aliphatic carbocycles. The molecule has 0 N–H and O–H groups in total. The Hall–Kier alpha value is -2.27. The number of pyridine rings is 1.